The fourth-order valence-electron chi connectivity index (χ4n) is 1.80. The van der Waals surface area contributed by atoms with Gasteiger partial charge in [-0.25, -0.2) is 13.1 Å². The van der Waals surface area contributed by atoms with Crippen molar-refractivity contribution in [1.29, 1.82) is 0 Å². The number of rotatable bonds is 9. The van der Waals surface area contributed by atoms with Crippen molar-refractivity contribution in [2.75, 3.05) is 25.6 Å². The van der Waals surface area contributed by atoms with Crippen LogP contribution in [0.4, 0.5) is 0 Å². The maximum atomic E-state index is 12.1. The van der Waals surface area contributed by atoms with E-state index >= 15 is 0 Å². The summed E-state index contributed by atoms with van der Waals surface area (Å²) in [5.74, 6) is 0.962. The maximum Gasteiger partial charge on any atom is 0.242 e. The second-order valence-electron chi connectivity index (χ2n) is 4.23. The van der Waals surface area contributed by atoms with E-state index in [0.717, 1.165) is 24.4 Å². The zero-order valence-corrected chi connectivity index (χ0v) is 13.4. The Morgan fingerprint density at radius 3 is 2.74 bits per heavy atom. The summed E-state index contributed by atoms with van der Waals surface area (Å²) in [6, 6.07) is 1.73. The number of thioether (sulfide) groups is 1. The molecule has 1 aromatic rings. The van der Waals surface area contributed by atoms with Gasteiger partial charge in [0.15, 0.2) is 0 Å². The summed E-state index contributed by atoms with van der Waals surface area (Å²) in [4.78, 5) is 0.351. The number of nitrogens with one attached hydrogen (secondary N) is 2. The number of aromatic nitrogens is 1. The van der Waals surface area contributed by atoms with Crippen LogP contribution in [0.15, 0.2) is 17.2 Å². The predicted molar refractivity (Wildman–Crippen MR) is 81.1 cm³/mol. The van der Waals surface area contributed by atoms with E-state index < -0.39 is 10.0 Å². The van der Waals surface area contributed by atoms with E-state index in [0.29, 0.717) is 18.0 Å². The molecule has 0 atom stereocenters. The van der Waals surface area contributed by atoms with Crippen molar-refractivity contribution in [1.82, 2.24) is 14.6 Å². The molecule has 2 N–H and O–H groups in total. The quantitative estimate of drug-likeness (QED) is 0.674. The number of hydrogen-bond donors (Lipinski definition) is 2. The second-order valence-corrected chi connectivity index (χ2v) is 6.98. The number of sulfonamides is 1. The van der Waals surface area contributed by atoms with Crippen LogP contribution < -0.4 is 10.0 Å². The van der Waals surface area contributed by atoms with Gasteiger partial charge in [-0.15, -0.1) is 0 Å². The van der Waals surface area contributed by atoms with Gasteiger partial charge < -0.3 is 9.88 Å². The van der Waals surface area contributed by atoms with Crippen molar-refractivity contribution < 1.29 is 8.42 Å². The summed E-state index contributed by atoms with van der Waals surface area (Å²) in [5.41, 5.74) is 0.981. The standard InChI is InChI=1S/C12H23N3O2S2/c1-4-15-10-12(8-11(15)9-13-2)19(16,17)14-6-5-7-18-3/h8,10,13-14H,4-7,9H2,1-3H3. The van der Waals surface area contributed by atoms with E-state index in [1.165, 1.54) is 0 Å². The van der Waals surface area contributed by atoms with Crippen LogP contribution in [-0.4, -0.2) is 38.6 Å². The summed E-state index contributed by atoms with van der Waals surface area (Å²) in [6.45, 7) is 3.91. The number of aryl methyl sites for hydroxylation is 1. The van der Waals surface area contributed by atoms with Crippen LogP contribution in [0.5, 0.6) is 0 Å². The molecule has 0 amide bonds. The lowest BCUT2D eigenvalue weighted by Gasteiger charge is -2.04. The Balaban J connectivity index is 2.77. The second kappa shape index (κ2) is 7.94. The first-order valence-electron chi connectivity index (χ1n) is 6.37. The molecule has 7 heteroatoms. The lowest BCUT2D eigenvalue weighted by atomic mass is 10.4. The van der Waals surface area contributed by atoms with Crippen LogP contribution in [0.3, 0.4) is 0 Å². The SMILES string of the molecule is CCn1cc(S(=O)(=O)NCCCSC)cc1CNC. The Morgan fingerprint density at radius 2 is 2.16 bits per heavy atom. The molecule has 0 fully saturated rings. The first-order valence-corrected chi connectivity index (χ1v) is 9.25. The summed E-state index contributed by atoms with van der Waals surface area (Å²) >= 11 is 1.72. The smallest absolute Gasteiger partial charge is 0.242 e. The van der Waals surface area contributed by atoms with Crippen LogP contribution >= 0.6 is 11.8 Å². The third-order valence-electron chi connectivity index (χ3n) is 2.79. The Labute approximate surface area is 120 Å². The molecular formula is C12H23N3O2S2. The topological polar surface area (TPSA) is 63.1 Å². The van der Waals surface area contributed by atoms with Gasteiger partial charge in [-0.3, -0.25) is 0 Å². The van der Waals surface area contributed by atoms with Crippen LogP contribution in [-0.2, 0) is 23.1 Å². The highest BCUT2D eigenvalue weighted by atomic mass is 32.2. The molecule has 0 unspecified atom stereocenters. The van der Waals surface area contributed by atoms with Crippen molar-refractivity contribution in [3.8, 4) is 0 Å². The van der Waals surface area contributed by atoms with Crippen molar-refractivity contribution in [3.63, 3.8) is 0 Å². The molecule has 19 heavy (non-hydrogen) atoms. The third-order valence-corrected chi connectivity index (χ3v) is 4.91. The minimum absolute atomic E-state index is 0.351. The van der Waals surface area contributed by atoms with E-state index in [2.05, 4.69) is 10.0 Å². The van der Waals surface area contributed by atoms with Crippen LogP contribution in [0.2, 0.25) is 0 Å². The Morgan fingerprint density at radius 1 is 1.42 bits per heavy atom. The Hall–Kier alpha value is -0.500. The normalized spacial score (nSPS) is 11.9. The number of hydrogen-bond acceptors (Lipinski definition) is 4. The van der Waals surface area contributed by atoms with Gasteiger partial charge in [-0.1, -0.05) is 0 Å². The first-order chi connectivity index (χ1) is 9.05. The first kappa shape index (κ1) is 16.6. The van der Waals surface area contributed by atoms with Gasteiger partial charge in [0.1, 0.15) is 0 Å². The molecule has 110 valence electrons. The summed E-state index contributed by atoms with van der Waals surface area (Å²) < 4.78 is 28.9. The zero-order valence-electron chi connectivity index (χ0n) is 11.8. The van der Waals surface area contributed by atoms with E-state index in [9.17, 15) is 8.42 Å². The summed E-state index contributed by atoms with van der Waals surface area (Å²) in [5, 5.41) is 3.04. The molecule has 1 rings (SSSR count). The van der Waals surface area contributed by atoms with E-state index in [4.69, 9.17) is 0 Å². The van der Waals surface area contributed by atoms with Gasteiger partial charge in [-0.2, -0.15) is 11.8 Å². The molecule has 0 aliphatic heterocycles. The lowest BCUT2D eigenvalue weighted by molar-refractivity contribution is 0.580. The van der Waals surface area contributed by atoms with Gasteiger partial charge in [0.05, 0.1) is 4.90 Å². The largest absolute Gasteiger partial charge is 0.349 e. The summed E-state index contributed by atoms with van der Waals surface area (Å²) in [6.07, 6.45) is 4.56. The fraction of sp³-hybridized carbons (Fsp3) is 0.667. The van der Waals surface area contributed by atoms with E-state index in [1.807, 2.05) is 24.8 Å². The molecule has 0 saturated carbocycles. The van der Waals surface area contributed by atoms with Crippen molar-refractivity contribution in [3.05, 3.63) is 18.0 Å². The van der Waals surface area contributed by atoms with Gasteiger partial charge in [-0.05, 0) is 38.5 Å². The minimum Gasteiger partial charge on any atom is -0.349 e. The molecule has 0 aromatic carbocycles. The molecular weight excluding hydrogens is 282 g/mol. The Bertz CT molecular complexity index is 483. The molecule has 0 bridgehead atoms. The molecule has 0 saturated heterocycles. The summed E-state index contributed by atoms with van der Waals surface area (Å²) in [7, 11) is -1.53. The van der Waals surface area contributed by atoms with Crippen LogP contribution in [0, 0.1) is 0 Å². The monoisotopic (exact) mass is 305 g/mol. The van der Waals surface area contributed by atoms with Gasteiger partial charge in [0.25, 0.3) is 0 Å². The maximum absolute atomic E-state index is 12.1. The van der Waals surface area contributed by atoms with Gasteiger partial charge >= 0.3 is 0 Å². The van der Waals surface area contributed by atoms with E-state index in [1.54, 1.807) is 24.0 Å². The predicted octanol–water partition coefficient (Wildman–Crippen LogP) is 1.26. The lowest BCUT2D eigenvalue weighted by Crippen LogP contribution is -2.24. The Kier molecular flexibility index (Phi) is 6.92. The zero-order chi connectivity index (χ0) is 14.3. The highest BCUT2D eigenvalue weighted by Gasteiger charge is 2.17. The van der Waals surface area contributed by atoms with E-state index in [-0.39, 0.29) is 0 Å². The highest BCUT2D eigenvalue weighted by Crippen LogP contribution is 2.14. The molecule has 0 aliphatic rings. The van der Waals surface area contributed by atoms with Gasteiger partial charge in [0.2, 0.25) is 10.0 Å². The van der Waals surface area contributed by atoms with Crippen molar-refractivity contribution in [2.24, 2.45) is 0 Å². The molecule has 1 heterocycles. The van der Waals surface area contributed by atoms with Crippen LogP contribution in [0.1, 0.15) is 19.0 Å². The molecule has 0 aliphatic carbocycles. The van der Waals surface area contributed by atoms with Crippen molar-refractivity contribution >= 4 is 21.8 Å². The average Bonchev–Trinajstić information content (AvgIpc) is 2.79. The molecule has 1 aromatic heterocycles. The molecule has 5 nitrogen and oxygen atoms in total. The van der Waals surface area contributed by atoms with Gasteiger partial charge in [0, 0.05) is 31.5 Å². The van der Waals surface area contributed by atoms with Crippen LogP contribution in [0.25, 0.3) is 0 Å². The third kappa shape index (κ3) is 4.83. The minimum atomic E-state index is -3.38. The van der Waals surface area contributed by atoms with Crippen molar-refractivity contribution in [2.45, 2.75) is 31.3 Å². The fourth-order valence-corrected chi connectivity index (χ4v) is 3.37. The molecule has 0 radical (unpaired) electrons. The average molecular weight is 305 g/mol. The molecule has 0 spiro atoms. The number of nitrogens with zero attached hydrogens (tertiary/aromatic N) is 1. The highest BCUT2D eigenvalue weighted by molar-refractivity contribution is 7.98.